The number of rotatable bonds is 9. The Kier molecular flexibility index (Phi) is 8.07. The number of ether oxygens (including phenoxy) is 4. The summed E-state index contributed by atoms with van der Waals surface area (Å²) in [4.78, 5) is 58.8. The normalized spacial score (nSPS) is 21.7. The number of hydrogen-bond donors (Lipinski definition) is 0. The van der Waals surface area contributed by atoms with Crippen molar-refractivity contribution in [2.75, 3.05) is 6.79 Å². The zero-order chi connectivity index (χ0) is 27.4. The van der Waals surface area contributed by atoms with Crippen LogP contribution in [0.5, 0.6) is 5.75 Å². The van der Waals surface area contributed by atoms with Gasteiger partial charge in [0.05, 0.1) is 18.2 Å². The molecule has 2 aliphatic rings. The second kappa shape index (κ2) is 11.4. The van der Waals surface area contributed by atoms with Crippen LogP contribution >= 0.6 is 11.6 Å². The Morgan fingerprint density at radius 1 is 1.08 bits per heavy atom. The third kappa shape index (κ3) is 6.18. The molecule has 38 heavy (non-hydrogen) atoms. The van der Waals surface area contributed by atoms with Crippen molar-refractivity contribution in [2.45, 2.75) is 44.7 Å². The lowest BCUT2D eigenvalue weighted by atomic mass is 10.0. The van der Waals surface area contributed by atoms with Crippen LogP contribution in [0.15, 0.2) is 30.5 Å². The summed E-state index contributed by atoms with van der Waals surface area (Å²) in [6.45, 7) is 0.943. The standard InChI is InChI=1S/C22H20ClN3O12/c1-11-19(16-9-33-20(15(16)8-24-11)12-2-4-14(23)5-3-12)36-22(28)35-10-34-21(27)13-6-17(37-25(29)30)18(7-13)38-26(31)32/h2-5,8,13,17-18,20H,6-7,9-10H2,1H3/t13-,17-,18+,20-/m0/s1. The molecule has 2 heterocycles. The number of carbonyl (C=O) groups excluding carboxylic acids is 2. The largest absolute Gasteiger partial charge is 0.516 e. The Morgan fingerprint density at radius 2 is 1.71 bits per heavy atom. The number of pyridine rings is 1. The summed E-state index contributed by atoms with van der Waals surface area (Å²) >= 11 is 5.95. The van der Waals surface area contributed by atoms with Gasteiger partial charge >= 0.3 is 12.1 Å². The van der Waals surface area contributed by atoms with Crippen molar-refractivity contribution in [3.05, 3.63) is 78.1 Å². The number of fused-ring (bicyclic) bond motifs is 1. The minimum Gasteiger partial charge on any atom is -0.427 e. The van der Waals surface area contributed by atoms with Gasteiger partial charge in [-0.15, -0.1) is 20.2 Å². The molecule has 2 aromatic rings. The summed E-state index contributed by atoms with van der Waals surface area (Å²) in [5.74, 6) is -1.79. The SMILES string of the molecule is Cc1ncc2c(c1OC(=O)OCOC(=O)[C@H]1C[C@H](O[N+](=O)[O-])[C@H](O[N+](=O)[O-])C1)CO[C@H]2c1ccc(Cl)cc1. The fraction of sp³-hybridized carbons (Fsp3) is 0.409. The van der Waals surface area contributed by atoms with Gasteiger partial charge in [-0.25, -0.2) is 4.79 Å². The molecule has 16 heteroatoms. The first-order chi connectivity index (χ1) is 18.1. The van der Waals surface area contributed by atoms with Gasteiger partial charge in [-0.2, -0.15) is 0 Å². The molecule has 1 aromatic heterocycles. The molecule has 0 N–H and O–H groups in total. The van der Waals surface area contributed by atoms with E-state index in [1.54, 1.807) is 25.3 Å². The van der Waals surface area contributed by atoms with Gasteiger partial charge in [0.25, 0.3) is 10.2 Å². The van der Waals surface area contributed by atoms with Gasteiger partial charge in [0.1, 0.15) is 18.3 Å². The van der Waals surface area contributed by atoms with Gasteiger partial charge in [-0.1, -0.05) is 23.7 Å². The zero-order valence-electron chi connectivity index (χ0n) is 19.6. The fourth-order valence-corrected chi connectivity index (χ4v) is 4.42. The third-order valence-corrected chi connectivity index (χ3v) is 6.24. The van der Waals surface area contributed by atoms with Crippen molar-refractivity contribution in [3.8, 4) is 5.75 Å². The Hall–Kier alpha value is -4.24. The smallest absolute Gasteiger partial charge is 0.427 e. The summed E-state index contributed by atoms with van der Waals surface area (Å²) in [5, 5.41) is 19.5. The Labute approximate surface area is 218 Å². The fourth-order valence-electron chi connectivity index (χ4n) is 4.29. The second-order valence-electron chi connectivity index (χ2n) is 8.33. The third-order valence-electron chi connectivity index (χ3n) is 5.99. The van der Waals surface area contributed by atoms with E-state index in [1.165, 1.54) is 0 Å². The van der Waals surface area contributed by atoms with Crippen molar-refractivity contribution < 1.29 is 48.4 Å². The van der Waals surface area contributed by atoms with Gasteiger partial charge in [0.2, 0.25) is 6.79 Å². The van der Waals surface area contributed by atoms with E-state index in [4.69, 9.17) is 30.5 Å². The number of benzene rings is 1. The maximum Gasteiger partial charge on any atom is 0.516 e. The summed E-state index contributed by atoms with van der Waals surface area (Å²) in [6.07, 6.45) is -3.20. The van der Waals surface area contributed by atoms with Crippen LogP contribution in [0.3, 0.4) is 0 Å². The average Bonchev–Trinajstić information content (AvgIpc) is 3.45. The summed E-state index contributed by atoms with van der Waals surface area (Å²) in [7, 11) is 0. The van der Waals surface area contributed by atoms with Crippen LogP contribution in [0, 0.1) is 33.1 Å². The van der Waals surface area contributed by atoms with E-state index in [2.05, 4.69) is 14.7 Å². The van der Waals surface area contributed by atoms with Crippen LogP contribution in [0.2, 0.25) is 5.02 Å². The molecule has 0 bridgehead atoms. The summed E-state index contributed by atoms with van der Waals surface area (Å²) in [5.41, 5.74) is 2.54. The number of aromatic nitrogens is 1. The van der Waals surface area contributed by atoms with Crippen LogP contribution in [-0.4, -0.2) is 46.3 Å². The monoisotopic (exact) mass is 553 g/mol. The number of esters is 1. The van der Waals surface area contributed by atoms with Crippen molar-refractivity contribution in [1.82, 2.24) is 4.98 Å². The Morgan fingerprint density at radius 3 is 2.32 bits per heavy atom. The zero-order valence-corrected chi connectivity index (χ0v) is 20.4. The molecule has 1 saturated carbocycles. The second-order valence-corrected chi connectivity index (χ2v) is 8.77. The summed E-state index contributed by atoms with van der Waals surface area (Å²) < 4.78 is 20.9. The molecule has 1 aliphatic carbocycles. The molecule has 1 fully saturated rings. The van der Waals surface area contributed by atoms with E-state index >= 15 is 0 Å². The molecule has 0 amide bonds. The minimum atomic E-state index is -1.34. The molecular formula is C22H20ClN3O12. The van der Waals surface area contributed by atoms with Crippen molar-refractivity contribution in [2.24, 2.45) is 5.92 Å². The molecule has 15 nitrogen and oxygen atoms in total. The molecule has 202 valence electrons. The van der Waals surface area contributed by atoms with Crippen molar-refractivity contribution in [1.29, 1.82) is 0 Å². The van der Waals surface area contributed by atoms with Crippen LogP contribution in [0.4, 0.5) is 4.79 Å². The number of carbonyl (C=O) groups is 2. The highest BCUT2D eigenvalue weighted by Crippen LogP contribution is 2.41. The Balaban J connectivity index is 1.32. The predicted octanol–water partition coefficient (Wildman–Crippen LogP) is 3.24. The summed E-state index contributed by atoms with van der Waals surface area (Å²) in [6, 6.07) is 7.08. The van der Waals surface area contributed by atoms with Gasteiger partial charge in [-0.3, -0.25) is 9.78 Å². The molecule has 0 radical (unpaired) electrons. The molecule has 0 saturated heterocycles. The molecule has 4 atom stereocenters. The van der Waals surface area contributed by atoms with Gasteiger partial charge in [0.15, 0.2) is 5.75 Å². The topological polar surface area (TPSA) is 189 Å². The predicted molar refractivity (Wildman–Crippen MR) is 122 cm³/mol. The minimum absolute atomic E-state index is 0.144. The first kappa shape index (κ1) is 26.8. The first-order valence-corrected chi connectivity index (χ1v) is 11.5. The molecule has 1 aliphatic heterocycles. The Bertz CT molecular complexity index is 1220. The number of hydrogen-bond acceptors (Lipinski definition) is 13. The number of halogens is 1. The molecular weight excluding hydrogens is 534 g/mol. The van der Waals surface area contributed by atoms with E-state index in [0.29, 0.717) is 21.8 Å². The van der Waals surface area contributed by atoms with E-state index in [-0.39, 0.29) is 25.2 Å². The molecule has 0 unspecified atom stereocenters. The van der Waals surface area contributed by atoms with Crippen molar-refractivity contribution in [3.63, 3.8) is 0 Å². The van der Waals surface area contributed by atoms with Crippen LogP contribution < -0.4 is 4.74 Å². The van der Waals surface area contributed by atoms with Crippen LogP contribution in [0.25, 0.3) is 0 Å². The number of aryl methyl sites for hydroxylation is 1. The van der Waals surface area contributed by atoms with Gasteiger partial charge in [0, 0.05) is 22.3 Å². The lowest BCUT2D eigenvalue weighted by molar-refractivity contribution is -0.797. The highest BCUT2D eigenvalue weighted by atomic mass is 35.5. The first-order valence-electron chi connectivity index (χ1n) is 11.1. The quantitative estimate of drug-likeness (QED) is 0.190. The maximum atomic E-state index is 12.3. The van der Waals surface area contributed by atoms with Gasteiger partial charge in [-0.05, 0) is 37.5 Å². The molecule has 1 aromatic carbocycles. The van der Waals surface area contributed by atoms with E-state index < -0.39 is 53.3 Å². The highest BCUT2D eigenvalue weighted by Gasteiger charge is 2.43. The highest BCUT2D eigenvalue weighted by molar-refractivity contribution is 6.30. The molecule has 0 spiro atoms. The van der Waals surface area contributed by atoms with E-state index in [0.717, 1.165) is 5.56 Å². The van der Waals surface area contributed by atoms with Crippen LogP contribution in [0.1, 0.15) is 41.3 Å². The number of nitrogens with zero attached hydrogens (tertiary/aromatic N) is 3. The maximum absolute atomic E-state index is 12.3. The lowest BCUT2D eigenvalue weighted by Crippen LogP contribution is -2.30. The van der Waals surface area contributed by atoms with E-state index in [1.807, 2.05) is 12.1 Å². The van der Waals surface area contributed by atoms with Gasteiger partial charge < -0.3 is 28.6 Å². The average molecular weight is 554 g/mol. The van der Waals surface area contributed by atoms with Crippen molar-refractivity contribution >= 4 is 23.7 Å². The van der Waals surface area contributed by atoms with Crippen LogP contribution in [-0.2, 0) is 35.3 Å². The lowest BCUT2D eigenvalue weighted by Gasteiger charge is -2.14. The molecule has 4 rings (SSSR count). The van der Waals surface area contributed by atoms with E-state index in [9.17, 15) is 29.8 Å².